The summed E-state index contributed by atoms with van der Waals surface area (Å²) in [6.45, 7) is 4.29. The molecule has 1 aliphatic carbocycles. The fraction of sp³-hybridized carbons (Fsp3) is 0.900. The van der Waals surface area contributed by atoms with Gasteiger partial charge < -0.3 is 9.47 Å². The Morgan fingerprint density at radius 1 is 1.46 bits per heavy atom. The van der Waals surface area contributed by atoms with Crippen molar-refractivity contribution in [2.75, 3.05) is 6.61 Å². The van der Waals surface area contributed by atoms with Crippen LogP contribution in [-0.2, 0) is 14.3 Å². The van der Waals surface area contributed by atoms with Crippen LogP contribution in [-0.4, -0.2) is 23.8 Å². The number of carbonyl (C=O) groups excluding carboxylic acids is 1. The summed E-state index contributed by atoms with van der Waals surface area (Å²) >= 11 is 0. The first kappa shape index (κ1) is 9.00. The lowest BCUT2D eigenvalue weighted by Gasteiger charge is -2.20. The Hall–Kier alpha value is -0.570. The number of esters is 1. The summed E-state index contributed by atoms with van der Waals surface area (Å²) in [5, 5.41) is 0. The third-order valence-electron chi connectivity index (χ3n) is 3.25. The monoisotopic (exact) mass is 184 g/mol. The Labute approximate surface area is 78.4 Å². The van der Waals surface area contributed by atoms with Crippen LogP contribution >= 0.6 is 0 Å². The molecule has 3 heteroatoms. The molecule has 3 nitrogen and oxygen atoms in total. The van der Waals surface area contributed by atoms with E-state index in [0.29, 0.717) is 6.61 Å². The van der Waals surface area contributed by atoms with Crippen LogP contribution in [0, 0.1) is 0 Å². The molecule has 2 unspecified atom stereocenters. The van der Waals surface area contributed by atoms with Crippen molar-refractivity contribution >= 4 is 5.97 Å². The minimum absolute atomic E-state index is 0.155. The van der Waals surface area contributed by atoms with Gasteiger partial charge in [-0.15, -0.1) is 0 Å². The van der Waals surface area contributed by atoms with Crippen molar-refractivity contribution in [3.63, 3.8) is 0 Å². The molecular formula is C10H16O3. The van der Waals surface area contributed by atoms with Crippen LogP contribution in [0.2, 0.25) is 0 Å². The highest BCUT2D eigenvalue weighted by Crippen LogP contribution is 2.57. The van der Waals surface area contributed by atoms with Crippen LogP contribution in [0.3, 0.4) is 0 Å². The molecule has 2 atom stereocenters. The average Bonchev–Trinajstić information content (AvgIpc) is 2.73. The molecule has 0 aromatic rings. The van der Waals surface area contributed by atoms with E-state index in [1.807, 2.05) is 13.8 Å². The molecule has 0 aromatic carbocycles. The predicted octanol–water partition coefficient (Wildman–Crippen LogP) is 1.65. The SMILES string of the molecule is CCOC(=O)C12CCCCC1(C)O2. The largest absolute Gasteiger partial charge is 0.464 e. The first-order chi connectivity index (χ1) is 6.15. The van der Waals surface area contributed by atoms with E-state index in [-0.39, 0.29) is 11.6 Å². The average molecular weight is 184 g/mol. The van der Waals surface area contributed by atoms with Crippen molar-refractivity contribution in [1.29, 1.82) is 0 Å². The van der Waals surface area contributed by atoms with Crippen molar-refractivity contribution < 1.29 is 14.3 Å². The van der Waals surface area contributed by atoms with E-state index in [4.69, 9.17) is 9.47 Å². The molecule has 2 fully saturated rings. The van der Waals surface area contributed by atoms with Gasteiger partial charge >= 0.3 is 5.97 Å². The van der Waals surface area contributed by atoms with Gasteiger partial charge in [-0.3, -0.25) is 0 Å². The Morgan fingerprint density at radius 2 is 2.15 bits per heavy atom. The maximum Gasteiger partial charge on any atom is 0.341 e. The van der Waals surface area contributed by atoms with E-state index >= 15 is 0 Å². The Kier molecular flexibility index (Phi) is 1.88. The quantitative estimate of drug-likeness (QED) is 0.484. The Balaban J connectivity index is 2.09. The predicted molar refractivity (Wildman–Crippen MR) is 47.3 cm³/mol. The molecule has 1 saturated carbocycles. The van der Waals surface area contributed by atoms with Crippen LogP contribution in [0.15, 0.2) is 0 Å². The summed E-state index contributed by atoms with van der Waals surface area (Å²) in [5.74, 6) is -0.155. The van der Waals surface area contributed by atoms with E-state index in [0.717, 1.165) is 25.7 Å². The second kappa shape index (κ2) is 2.71. The fourth-order valence-electron chi connectivity index (χ4n) is 2.37. The van der Waals surface area contributed by atoms with Crippen molar-refractivity contribution in [3.8, 4) is 0 Å². The molecule has 2 aliphatic rings. The maximum absolute atomic E-state index is 11.6. The van der Waals surface area contributed by atoms with E-state index in [2.05, 4.69) is 0 Å². The van der Waals surface area contributed by atoms with E-state index in [9.17, 15) is 4.79 Å². The lowest BCUT2D eigenvalue weighted by Crippen LogP contribution is -2.36. The fourth-order valence-corrected chi connectivity index (χ4v) is 2.37. The van der Waals surface area contributed by atoms with Crippen molar-refractivity contribution in [1.82, 2.24) is 0 Å². The molecule has 1 heterocycles. The molecule has 0 aromatic heterocycles. The van der Waals surface area contributed by atoms with Crippen LogP contribution < -0.4 is 0 Å². The zero-order chi connectivity index (χ0) is 9.53. The summed E-state index contributed by atoms with van der Waals surface area (Å²) in [7, 11) is 0. The zero-order valence-corrected chi connectivity index (χ0v) is 8.26. The minimum Gasteiger partial charge on any atom is -0.464 e. The summed E-state index contributed by atoms with van der Waals surface area (Å²) in [4.78, 5) is 11.6. The number of fused-ring (bicyclic) bond motifs is 1. The molecule has 13 heavy (non-hydrogen) atoms. The molecule has 0 spiro atoms. The van der Waals surface area contributed by atoms with Crippen molar-refractivity contribution in [2.24, 2.45) is 0 Å². The smallest absolute Gasteiger partial charge is 0.341 e. The summed E-state index contributed by atoms with van der Waals surface area (Å²) in [5.41, 5.74) is -0.779. The van der Waals surface area contributed by atoms with Crippen molar-refractivity contribution in [3.05, 3.63) is 0 Å². The van der Waals surface area contributed by atoms with Gasteiger partial charge in [-0.2, -0.15) is 0 Å². The molecule has 74 valence electrons. The second-order valence-corrected chi connectivity index (χ2v) is 4.09. The lowest BCUT2D eigenvalue weighted by molar-refractivity contribution is -0.150. The van der Waals surface area contributed by atoms with Gasteiger partial charge in [-0.1, -0.05) is 6.42 Å². The summed E-state index contributed by atoms with van der Waals surface area (Å²) < 4.78 is 10.6. The highest BCUT2D eigenvalue weighted by atomic mass is 16.7. The third kappa shape index (κ3) is 1.10. The summed E-state index contributed by atoms with van der Waals surface area (Å²) in [6, 6.07) is 0. The first-order valence-electron chi connectivity index (χ1n) is 5.02. The molecular weight excluding hydrogens is 168 g/mol. The summed E-state index contributed by atoms with van der Waals surface area (Å²) in [6.07, 6.45) is 4.07. The number of hydrogen-bond acceptors (Lipinski definition) is 3. The molecule has 2 rings (SSSR count). The van der Waals surface area contributed by atoms with Gasteiger partial charge in [0.1, 0.15) is 5.60 Å². The van der Waals surface area contributed by atoms with Gasteiger partial charge in [-0.05, 0) is 33.1 Å². The van der Waals surface area contributed by atoms with Crippen molar-refractivity contribution in [2.45, 2.75) is 50.7 Å². The Morgan fingerprint density at radius 3 is 2.77 bits per heavy atom. The molecule has 1 aliphatic heterocycles. The number of rotatable bonds is 2. The molecule has 0 radical (unpaired) electrons. The van der Waals surface area contributed by atoms with Gasteiger partial charge in [0.15, 0.2) is 5.60 Å². The van der Waals surface area contributed by atoms with Crippen LogP contribution in [0.4, 0.5) is 0 Å². The van der Waals surface area contributed by atoms with Crippen LogP contribution in [0.1, 0.15) is 39.5 Å². The number of carbonyl (C=O) groups is 1. The van der Waals surface area contributed by atoms with Gasteiger partial charge in [0.25, 0.3) is 0 Å². The Bertz CT molecular complexity index is 234. The highest BCUT2D eigenvalue weighted by Gasteiger charge is 2.73. The zero-order valence-electron chi connectivity index (χ0n) is 8.26. The van der Waals surface area contributed by atoms with Gasteiger partial charge in [-0.25, -0.2) is 4.79 Å². The first-order valence-corrected chi connectivity index (χ1v) is 5.02. The van der Waals surface area contributed by atoms with Gasteiger partial charge in [0.05, 0.1) is 6.61 Å². The number of ether oxygens (including phenoxy) is 2. The minimum atomic E-state index is -0.568. The highest BCUT2D eigenvalue weighted by molar-refractivity contribution is 5.85. The van der Waals surface area contributed by atoms with Gasteiger partial charge in [0.2, 0.25) is 0 Å². The second-order valence-electron chi connectivity index (χ2n) is 4.09. The molecule has 0 N–H and O–H groups in total. The van der Waals surface area contributed by atoms with E-state index in [1.54, 1.807) is 0 Å². The van der Waals surface area contributed by atoms with E-state index < -0.39 is 5.60 Å². The third-order valence-corrected chi connectivity index (χ3v) is 3.25. The normalized spacial score (nSPS) is 42.3. The number of epoxide rings is 1. The number of hydrogen-bond donors (Lipinski definition) is 0. The molecule has 0 bridgehead atoms. The van der Waals surface area contributed by atoms with E-state index in [1.165, 1.54) is 0 Å². The standard InChI is InChI=1S/C10H16O3/c1-3-12-8(11)10-7-5-4-6-9(10,2)13-10/h3-7H2,1-2H3. The topological polar surface area (TPSA) is 38.8 Å². The van der Waals surface area contributed by atoms with Crippen LogP contribution in [0.5, 0.6) is 0 Å². The van der Waals surface area contributed by atoms with Gasteiger partial charge in [0, 0.05) is 0 Å². The molecule has 1 saturated heterocycles. The molecule has 0 amide bonds. The maximum atomic E-state index is 11.6. The lowest BCUT2D eigenvalue weighted by atomic mass is 9.80. The van der Waals surface area contributed by atoms with Crippen LogP contribution in [0.25, 0.3) is 0 Å².